The van der Waals surface area contributed by atoms with E-state index in [0.717, 1.165) is 33.9 Å². The number of anilines is 2. The second kappa shape index (κ2) is 12.0. The summed E-state index contributed by atoms with van der Waals surface area (Å²) in [6.45, 7) is 0. The van der Waals surface area contributed by atoms with Gasteiger partial charge in [-0.1, -0.05) is 54.8 Å². The summed E-state index contributed by atoms with van der Waals surface area (Å²) in [7, 11) is 0. The van der Waals surface area contributed by atoms with Crippen molar-refractivity contribution in [1.82, 2.24) is 15.0 Å². The first kappa shape index (κ1) is 24.9. The maximum atomic E-state index is 15.1. The largest absolute Gasteiger partial charge is 0.351 e. The molecule has 1 aliphatic carbocycles. The molecule has 1 fully saturated rings. The maximum absolute atomic E-state index is 15.1. The minimum Gasteiger partial charge on any atom is -0.351 e. The van der Waals surface area contributed by atoms with Gasteiger partial charge in [0.15, 0.2) is 0 Å². The number of pyridine rings is 1. The third kappa shape index (κ3) is 6.30. The molecule has 0 bridgehead atoms. The van der Waals surface area contributed by atoms with Gasteiger partial charge in [0.2, 0.25) is 5.95 Å². The summed E-state index contributed by atoms with van der Waals surface area (Å²) in [6, 6.07) is 16.8. The Labute approximate surface area is 223 Å². The Morgan fingerprint density at radius 1 is 0.917 bits per heavy atom. The highest BCUT2D eigenvalue weighted by atomic mass is 35.5. The topological polar surface area (TPSA) is 62.7 Å². The van der Waals surface area contributed by atoms with Crippen LogP contribution in [-0.2, 0) is 0 Å². The molecule has 184 valence electrons. The van der Waals surface area contributed by atoms with Crippen LogP contribution in [0, 0.1) is 5.82 Å². The molecule has 2 heterocycles. The second-order valence-electron chi connectivity index (χ2n) is 8.50. The van der Waals surface area contributed by atoms with E-state index in [1.165, 1.54) is 49.0 Å². The quantitative estimate of drug-likeness (QED) is 0.219. The van der Waals surface area contributed by atoms with Crippen LogP contribution in [-0.4, -0.2) is 21.0 Å². The summed E-state index contributed by atoms with van der Waals surface area (Å²) in [5.74, 6) is 0.312. The molecule has 0 amide bonds. The van der Waals surface area contributed by atoms with Gasteiger partial charge in [-0.15, -0.1) is 0 Å². The van der Waals surface area contributed by atoms with E-state index in [1.54, 1.807) is 24.7 Å². The van der Waals surface area contributed by atoms with Crippen molar-refractivity contribution in [3.8, 4) is 11.3 Å². The minimum atomic E-state index is -0.310. The lowest BCUT2D eigenvalue weighted by Gasteiger charge is -2.22. The van der Waals surface area contributed by atoms with E-state index < -0.39 is 0 Å². The van der Waals surface area contributed by atoms with Crippen molar-refractivity contribution < 1.29 is 4.39 Å². The van der Waals surface area contributed by atoms with Crippen molar-refractivity contribution in [3.05, 3.63) is 84.0 Å². The van der Waals surface area contributed by atoms with Crippen LogP contribution in [0.15, 0.2) is 87.9 Å². The molecule has 0 aliphatic heterocycles. The zero-order valence-electron chi connectivity index (χ0n) is 19.5. The molecule has 0 unspecified atom stereocenters. The first-order chi connectivity index (χ1) is 17.7. The molecule has 2 aromatic carbocycles. The van der Waals surface area contributed by atoms with Crippen LogP contribution >= 0.6 is 35.3 Å². The third-order valence-corrected chi connectivity index (χ3v) is 8.40. The third-order valence-electron chi connectivity index (χ3n) is 5.92. The highest BCUT2D eigenvalue weighted by Crippen LogP contribution is 2.37. The summed E-state index contributed by atoms with van der Waals surface area (Å²) in [4.78, 5) is 15.7. The molecule has 0 saturated heterocycles. The van der Waals surface area contributed by atoms with E-state index in [9.17, 15) is 0 Å². The molecule has 2 N–H and O–H groups in total. The fraction of sp³-hybridized carbons (Fsp3) is 0.222. The fourth-order valence-corrected chi connectivity index (χ4v) is 5.92. The lowest BCUT2D eigenvalue weighted by atomic mass is 9.96. The van der Waals surface area contributed by atoms with Crippen LogP contribution in [0.4, 0.5) is 16.0 Å². The number of nitrogens with one attached hydrogen (secondary N) is 2. The highest BCUT2D eigenvalue weighted by molar-refractivity contribution is 8.00. The number of hydrogen-bond acceptors (Lipinski definition) is 7. The summed E-state index contributed by atoms with van der Waals surface area (Å²) in [6.07, 6.45) is 11.3. The molecule has 4 aromatic rings. The predicted molar refractivity (Wildman–Crippen MR) is 147 cm³/mol. The van der Waals surface area contributed by atoms with Crippen LogP contribution in [0.3, 0.4) is 0 Å². The number of rotatable bonds is 8. The van der Waals surface area contributed by atoms with Gasteiger partial charge in [-0.3, -0.25) is 4.98 Å². The van der Waals surface area contributed by atoms with Crippen LogP contribution in [0.25, 0.3) is 11.3 Å². The molecule has 0 spiro atoms. The second-order valence-corrected chi connectivity index (χ2v) is 10.8. The van der Waals surface area contributed by atoms with Crippen molar-refractivity contribution in [1.29, 1.82) is 0 Å². The lowest BCUT2D eigenvalue weighted by molar-refractivity contribution is 0.461. The molecular formula is C27H25ClFN5S2. The average molecular weight is 538 g/mol. The molecule has 1 aliphatic rings. The van der Waals surface area contributed by atoms with Gasteiger partial charge < -0.3 is 10.0 Å². The molecule has 5 rings (SSSR count). The van der Waals surface area contributed by atoms with Gasteiger partial charge in [-0.05, 0) is 67.3 Å². The van der Waals surface area contributed by atoms with Crippen molar-refractivity contribution in [2.45, 2.75) is 52.8 Å². The Balaban J connectivity index is 1.31. The normalized spacial score (nSPS) is 13.9. The molecule has 9 heteroatoms. The minimum absolute atomic E-state index is 0.310. The Morgan fingerprint density at radius 3 is 2.61 bits per heavy atom. The maximum Gasteiger partial charge on any atom is 0.223 e. The summed E-state index contributed by atoms with van der Waals surface area (Å²) in [5, 5.41) is 4.12. The highest BCUT2D eigenvalue weighted by Gasteiger charge is 2.16. The van der Waals surface area contributed by atoms with E-state index in [4.69, 9.17) is 16.6 Å². The molecule has 2 aromatic heterocycles. The number of halogens is 2. The standard InChI is InChI=1S/C27H25ClFN5S2/c28-21-8-4-5-9-25(21)36-34-19-10-11-26(22(29)16-19)35-24-13-14-30-17-20(24)23-12-15-31-27(33-23)32-18-6-2-1-3-7-18/h4-5,8-18,34H,1-3,6-7H2,(H,31,32,33). The van der Waals surface area contributed by atoms with Gasteiger partial charge in [-0.2, -0.15) is 0 Å². The van der Waals surface area contributed by atoms with Crippen LogP contribution in [0.2, 0.25) is 5.02 Å². The predicted octanol–water partition coefficient (Wildman–Crippen LogP) is 8.35. The van der Waals surface area contributed by atoms with E-state index in [0.29, 0.717) is 27.6 Å². The Hall–Kier alpha value is -2.81. The molecule has 0 radical (unpaired) electrons. The van der Waals surface area contributed by atoms with E-state index >= 15 is 4.39 Å². The number of nitrogens with zero attached hydrogens (tertiary/aromatic N) is 3. The summed E-state index contributed by atoms with van der Waals surface area (Å²) in [5.41, 5.74) is 2.26. The van der Waals surface area contributed by atoms with Crippen LogP contribution in [0.1, 0.15) is 32.1 Å². The molecule has 5 nitrogen and oxygen atoms in total. The zero-order valence-corrected chi connectivity index (χ0v) is 21.8. The van der Waals surface area contributed by atoms with Crippen molar-refractivity contribution >= 4 is 46.9 Å². The fourth-order valence-electron chi connectivity index (χ4n) is 4.08. The van der Waals surface area contributed by atoms with Gasteiger partial charge in [0.25, 0.3) is 0 Å². The van der Waals surface area contributed by atoms with E-state index in [1.807, 2.05) is 42.5 Å². The van der Waals surface area contributed by atoms with Crippen LogP contribution in [0.5, 0.6) is 0 Å². The summed E-state index contributed by atoms with van der Waals surface area (Å²) >= 11 is 8.90. The Bertz CT molecular complexity index is 1330. The number of benzene rings is 2. The number of hydrogen-bond donors (Lipinski definition) is 2. The van der Waals surface area contributed by atoms with E-state index in [2.05, 4.69) is 20.0 Å². The zero-order chi connectivity index (χ0) is 24.7. The average Bonchev–Trinajstić information content (AvgIpc) is 2.91. The van der Waals surface area contributed by atoms with Gasteiger partial charge in [-0.25, -0.2) is 14.4 Å². The Morgan fingerprint density at radius 2 is 1.78 bits per heavy atom. The van der Waals surface area contributed by atoms with E-state index in [-0.39, 0.29) is 5.82 Å². The monoisotopic (exact) mass is 537 g/mol. The first-order valence-electron chi connectivity index (χ1n) is 11.8. The smallest absolute Gasteiger partial charge is 0.223 e. The van der Waals surface area contributed by atoms with Crippen molar-refractivity contribution in [3.63, 3.8) is 0 Å². The summed E-state index contributed by atoms with van der Waals surface area (Å²) < 4.78 is 18.2. The Kier molecular flexibility index (Phi) is 8.25. The van der Waals surface area contributed by atoms with Gasteiger partial charge in [0.1, 0.15) is 5.82 Å². The lowest BCUT2D eigenvalue weighted by Crippen LogP contribution is -2.23. The molecule has 36 heavy (non-hydrogen) atoms. The van der Waals surface area contributed by atoms with Gasteiger partial charge in [0.05, 0.1) is 10.7 Å². The molecular weight excluding hydrogens is 513 g/mol. The van der Waals surface area contributed by atoms with Crippen LogP contribution < -0.4 is 10.0 Å². The molecule has 0 atom stereocenters. The van der Waals surface area contributed by atoms with Crippen molar-refractivity contribution in [2.24, 2.45) is 0 Å². The number of aromatic nitrogens is 3. The van der Waals surface area contributed by atoms with Crippen molar-refractivity contribution in [2.75, 3.05) is 10.0 Å². The molecule has 1 saturated carbocycles. The SMILES string of the molecule is Fc1cc(NSc2ccccc2Cl)ccc1Sc1ccncc1-c1ccnc(NC2CCCCC2)n1. The van der Waals surface area contributed by atoms with Gasteiger partial charge in [0, 0.05) is 50.6 Å². The van der Waals surface area contributed by atoms with Gasteiger partial charge >= 0.3 is 0 Å². The first-order valence-corrected chi connectivity index (χ1v) is 13.9.